The molecule has 1 aromatic carbocycles. The molecule has 3 heterocycles. The number of hydrogen-bond acceptors (Lipinski definition) is 5. The van der Waals surface area contributed by atoms with Crippen LogP contribution in [0.25, 0.3) is 11.4 Å². The fourth-order valence-electron chi connectivity index (χ4n) is 2.93. The van der Waals surface area contributed by atoms with E-state index in [1.54, 1.807) is 18.5 Å². The molecule has 0 aliphatic carbocycles. The first-order valence-electron chi connectivity index (χ1n) is 8.19. The van der Waals surface area contributed by atoms with Crippen molar-refractivity contribution >= 4 is 11.8 Å². The van der Waals surface area contributed by atoms with Crippen molar-refractivity contribution < 1.29 is 9.59 Å². The summed E-state index contributed by atoms with van der Waals surface area (Å²) in [6.45, 7) is 0.235. The summed E-state index contributed by atoms with van der Waals surface area (Å²) in [7, 11) is 0. The van der Waals surface area contributed by atoms with Crippen LogP contribution in [0.1, 0.15) is 34.2 Å². The van der Waals surface area contributed by atoms with Crippen molar-refractivity contribution in [3.05, 3.63) is 65.7 Å². The van der Waals surface area contributed by atoms with Crippen molar-refractivity contribution in [2.45, 2.75) is 19.0 Å². The highest BCUT2D eigenvalue weighted by atomic mass is 16.2. The summed E-state index contributed by atoms with van der Waals surface area (Å²) >= 11 is 0. The predicted octanol–water partition coefficient (Wildman–Crippen LogP) is 1.36. The second-order valence-electron chi connectivity index (χ2n) is 5.94. The molecule has 0 saturated carbocycles. The molecule has 0 fully saturated rings. The van der Waals surface area contributed by atoms with Crippen molar-refractivity contribution in [2.24, 2.45) is 0 Å². The molecule has 1 aliphatic rings. The molecule has 1 atom stereocenters. The van der Waals surface area contributed by atoms with Gasteiger partial charge in [-0.25, -0.2) is 4.98 Å². The van der Waals surface area contributed by atoms with Gasteiger partial charge in [-0.15, -0.1) is 0 Å². The number of H-pyrrole nitrogens is 1. The van der Waals surface area contributed by atoms with E-state index in [0.717, 1.165) is 11.1 Å². The minimum absolute atomic E-state index is 0.143. The second-order valence-corrected chi connectivity index (χ2v) is 5.94. The molecule has 2 aromatic heterocycles. The molecular weight excluding hydrogens is 332 g/mol. The number of benzene rings is 1. The lowest BCUT2D eigenvalue weighted by Crippen LogP contribution is -2.29. The van der Waals surface area contributed by atoms with Crippen LogP contribution in [-0.2, 0) is 11.3 Å². The summed E-state index contributed by atoms with van der Waals surface area (Å²) in [5.74, 6) is 0.791. The van der Waals surface area contributed by atoms with Crippen LogP contribution in [0, 0.1) is 0 Å². The van der Waals surface area contributed by atoms with E-state index < -0.39 is 0 Å². The maximum Gasteiger partial charge on any atom is 0.252 e. The first kappa shape index (κ1) is 15.9. The Balaban J connectivity index is 1.35. The Labute approximate surface area is 149 Å². The number of amides is 2. The van der Waals surface area contributed by atoms with Crippen LogP contribution in [0.15, 0.2) is 48.8 Å². The molecule has 1 unspecified atom stereocenters. The zero-order valence-electron chi connectivity index (χ0n) is 13.8. The van der Waals surface area contributed by atoms with Crippen LogP contribution in [0.5, 0.6) is 0 Å². The number of nitrogens with one attached hydrogen (secondary N) is 3. The van der Waals surface area contributed by atoms with Gasteiger partial charge in [-0.1, -0.05) is 18.2 Å². The van der Waals surface area contributed by atoms with Crippen LogP contribution in [0.3, 0.4) is 0 Å². The number of pyridine rings is 1. The molecule has 3 N–H and O–H groups in total. The Kier molecular flexibility index (Phi) is 4.14. The van der Waals surface area contributed by atoms with E-state index in [4.69, 9.17) is 0 Å². The summed E-state index contributed by atoms with van der Waals surface area (Å²) in [6.07, 6.45) is 3.51. The molecule has 0 bridgehead atoms. The molecule has 8 heteroatoms. The fourth-order valence-corrected chi connectivity index (χ4v) is 2.93. The van der Waals surface area contributed by atoms with Crippen molar-refractivity contribution in [1.29, 1.82) is 0 Å². The second kappa shape index (κ2) is 6.75. The molecule has 0 saturated heterocycles. The summed E-state index contributed by atoms with van der Waals surface area (Å²) in [5, 5.41) is 12.6. The Bertz CT molecular complexity index is 953. The minimum Gasteiger partial charge on any atom is -0.349 e. The van der Waals surface area contributed by atoms with Crippen molar-refractivity contribution in [3.8, 4) is 11.4 Å². The third-order valence-electron chi connectivity index (χ3n) is 4.20. The largest absolute Gasteiger partial charge is 0.349 e. The number of nitrogens with zero attached hydrogens (tertiary/aromatic N) is 3. The minimum atomic E-state index is -0.305. The Morgan fingerprint density at radius 2 is 1.96 bits per heavy atom. The van der Waals surface area contributed by atoms with Crippen molar-refractivity contribution in [2.75, 3.05) is 0 Å². The number of aromatic nitrogens is 4. The first-order valence-corrected chi connectivity index (χ1v) is 8.19. The smallest absolute Gasteiger partial charge is 0.252 e. The maximum atomic E-state index is 12.2. The summed E-state index contributed by atoms with van der Waals surface area (Å²) in [6, 6.07) is 10.6. The molecule has 4 rings (SSSR count). The van der Waals surface area contributed by atoms with Gasteiger partial charge in [-0.05, 0) is 23.8 Å². The molecule has 8 nitrogen and oxygen atoms in total. The fraction of sp³-hybridized carbons (Fsp3) is 0.167. The van der Waals surface area contributed by atoms with Gasteiger partial charge in [0.15, 0.2) is 5.82 Å². The van der Waals surface area contributed by atoms with E-state index in [0.29, 0.717) is 17.2 Å². The number of rotatable bonds is 5. The van der Waals surface area contributed by atoms with Crippen LogP contribution in [-0.4, -0.2) is 32.0 Å². The predicted molar refractivity (Wildman–Crippen MR) is 92.7 cm³/mol. The highest BCUT2D eigenvalue weighted by Gasteiger charge is 2.29. The SMILES string of the molecule is O=C(CC1NC(=O)c2ccccc21)NCc1nc(-c2ccncc2)n[nH]1. The monoisotopic (exact) mass is 348 g/mol. The van der Waals surface area contributed by atoms with Crippen LogP contribution >= 0.6 is 0 Å². The number of carbonyl (C=O) groups excluding carboxylic acids is 2. The van der Waals surface area contributed by atoms with Gasteiger partial charge < -0.3 is 10.6 Å². The van der Waals surface area contributed by atoms with Crippen molar-refractivity contribution in [3.63, 3.8) is 0 Å². The molecule has 0 radical (unpaired) electrons. The van der Waals surface area contributed by atoms with Gasteiger partial charge in [-0.3, -0.25) is 19.7 Å². The van der Waals surface area contributed by atoms with Gasteiger partial charge in [0, 0.05) is 23.5 Å². The lowest BCUT2D eigenvalue weighted by Gasteiger charge is -2.11. The van der Waals surface area contributed by atoms with Gasteiger partial charge in [0.1, 0.15) is 5.82 Å². The zero-order chi connectivity index (χ0) is 17.9. The molecule has 3 aromatic rings. The third kappa shape index (κ3) is 3.16. The zero-order valence-corrected chi connectivity index (χ0v) is 13.8. The maximum absolute atomic E-state index is 12.2. The molecule has 0 spiro atoms. The van der Waals surface area contributed by atoms with Gasteiger partial charge in [0.25, 0.3) is 5.91 Å². The highest BCUT2D eigenvalue weighted by Crippen LogP contribution is 2.27. The normalized spacial score (nSPS) is 15.4. The lowest BCUT2D eigenvalue weighted by atomic mass is 10.0. The van der Waals surface area contributed by atoms with Gasteiger partial charge in [0.05, 0.1) is 19.0 Å². The third-order valence-corrected chi connectivity index (χ3v) is 4.20. The van der Waals surface area contributed by atoms with Crippen LogP contribution < -0.4 is 10.6 Å². The van der Waals surface area contributed by atoms with Crippen LogP contribution in [0.2, 0.25) is 0 Å². The number of hydrogen-bond donors (Lipinski definition) is 3. The Hall–Kier alpha value is -3.55. The lowest BCUT2D eigenvalue weighted by molar-refractivity contribution is -0.121. The Morgan fingerprint density at radius 1 is 1.15 bits per heavy atom. The van der Waals surface area contributed by atoms with Gasteiger partial charge in [-0.2, -0.15) is 5.10 Å². The summed E-state index contributed by atoms with van der Waals surface area (Å²) < 4.78 is 0. The van der Waals surface area contributed by atoms with E-state index in [1.807, 2.05) is 30.3 Å². The van der Waals surface area contributed by atoms with E-state index >= 15 is 0 Å². The van der Waals surface area contributed by atoms with E-state index in [9.17, 15) is 9.59 Å². The Morgan fingerprint density at radius 3 is 2.81 bits per heavy atom. The van der Waals surface area contributed by atoms with Crippen molar-refractivity contribution in [1.82, 2.24) is 30.8 Å². The summed E-state index contributed by atoms with van der Waals surface area (Å²) in [4.78, 5) is 32.4. The standard InChI is InChI=1S/C18H16N6O2/c25-16(9-14-12-3-1-2-4-13(12)18(26)21-14)20-10-15-22-17(24-23-15)11-5-7-19-8-6-11/h1-8,14H,9-10H2,(H,20,25)(H,21,26)(H,22,23,24). The van der Waals surface area contributed by atoms with E-state index in [2.05, 4.69) is 30.8 Å². The van der Waals surface area contributed by atoms with E-state index in [-0.39, 0.29) is 30.8 Å². The first-order chi connectivity index (χ1) is 12.7. The molecule has 130 valence electrons. The molecular formula is C18H16N6O2. The van der Waals surface area contributed by atoms with Gasteiger partial charge >= 0.3 is 0 Å². The number of carbonyl (C=O) groups is 2. The number of fused-ring (bicyclic) bond motifs is 1. The highest BCUT2D eigenvalue weighted by molar-refractivity contribution is 5.99. The topological polar surface area (TPSA) is 113 Å². The molecule has 1 aliphatic heterocycles. The number of aromatic amines is 1. The van der Waals surface area contributed by atoms with E-state index in [1.165, 1.54) is 0 Å². The molecule has 26 heavy (non-hydrogen) atoms. The average molecular weight is 348 g/mol. The quantitative estimate of drug-likeness (QED) is 0.644. The molecule has 2 amide bonds. The average Bonchev–Trinajstić information content (AvgIpc) is 3.27. The van der Waals surface area contributed by atoms with Gasteiger partial charge in [0.2, 0.25) is 5.91 Å². The van der Waals surface area contributed by atoms with Crippen LogP contribution in [0.4, 0.5) is 0 Å². The summed E-state index contributed by atoms with van der Waals surface area (Å²) in [5.41, 5.74) is 2.33.